The van der Waals surface area contributed by atoms with Crippen LogP contribution in [0.2, 0.25) is 5.02 Å². The number of nitrogens with zero attached hydrogens (tertiary/aromatic N) is 1. The maximum Gasteiger partial charge on any atom is 0.290 e. The van der Waals surface area contributed by atoms with Crippen molar-refractivity contribution in [2.24, 2.45) is 0 Å². The zero-order chi connectivity index (χ0) is 21.6. The minimum Gasteiger partial charge on any atom is -0.503 e. The number of phenols is 1. The standard InChI is InChI=1S/C21H17BrClNO6/c1-28-6-5-24-17(10-7-13(22)19(26)15(8-10)29-2)16-18(25)12-9-11(23)3-4-14(12)30-20(16)21(24)27/h3-4,7-9,17,26H,5-6H2,1-2H3. The highest BCUT2D eigenvalue weighted by atomic mass is 79.9. The Morgan fingerprint density at radius 2 is 2.00 bits per heavy atom. The number of carbonyl (C=O) groups excluding carboxylic acids is 1. The molecule has 1 aliphatic rings. The second-order valence-electron chi connectivity index (χ2n) is 6.76. The highest BCUT2D eigenvalue weighted by Gasteiger charge is 2.43. The van der Waals surface area contributed by atoms with Crippen molar-refractivity contribution in [1.82, 2.24) is 4.90 Å². The van der Waals surface area contributed by atoms with E-state index in [-0.39, 0.29) is 52.4 Å². The summed E-state index contributed by atoms with van der Waals surface area (Å²) in [5, 5.41) is 10.9. The third-order valence-corrected chi connectivity index (χ3v) is 5.89. The lowest BCUT2D eigenvalue weighted by atomic mass is 9.98. The van der Waals surface area contributed by atoms with Gasteiger partial charge in [-0.2, -0.15) is 0 Å². The number of ether oxygens (including phenoxy) is 2. The fraction of sp³-hybridized carbons (Fsp3) is 0.238. The molecule has 0 fully saturated rings. The number of carbonyl (C=O) groups is 1. The molecule has 0 spiro atoms. The van der Waals surface area contributed by atoms with Gasteiger partial charge in [0.1, 0.15) is 5.58 Å². The predicted molar refractivity (Wildman–Crippen MR) is 115 cm³/mol. The van der Waals surface area contributed by atoms with Crippen LogP contribution in [-0.4, -0.2) is 43.3 Å². The molecule has 2 heterocycles. The lowest BCUT2D eigenvalue weighted by molar-refractivity contribution is 0.0663. The maximum absolute atomic E-state index is 13.4. The SMILES string of the molecule is COCCN1C(=O)c2oc3ccc(Cl)cc3c(=O)c2C1c1cc(Br)c(O)c(OC)c1. The van der Waals surface area contributed by atoms with E-state index in [9.17, 15) is 14.7 Å². The van der Waals surface area contributed by atoms with E-state index in [0.29, 0.717) is 15.1 Å². The van der Waals surface area contributed by atoms with Crippen LogP contribution in [0.25, 0.3) is 11.0 Å². The van der Waals surface area contributed by atoms with Gasteiger partial charge in [-0.3, -0.25) is 9.59 Å². The molecule has 0 saturated heterocycles. The number of hydrogen-bond acceptors (Lipinski definition) is 6. The molecule has 1 unspecified atom stereocenters. The van der Waals surface area contributed by atoms with E-state index in [1.807, 2.05) is 0 Å². The van der Waals surface area contributed by atoms with Crippen LogP contribution in [0.4, 0.5) is 0 Å². The van der Waals surface area contributed by atoms with Gasteiger partial charge in [0.05, 0.1) is 35.2 Å². The summed E-state index contributed by atoms with van der Waals surface area (Å²) in [4.78, 5) is 28.1. The highest BCUT2D eigenvalue weighted by Crippen LogP contribution is 2.43. The molecule has 0 saturated carbocycles. The van der Waals surface area contributed by atoms with E-state index < -0.39 is 11.9 Å². The molecule has 1 amide bonds. The van der Waals surface area contributed by atoms with Crippen LogP contribution in [0.15, 0.2) is 44.0 Å². The van der Waals surface area contributed by atoms with Crippen molar-refractivity contribution >= 4 is 44.4 Å². The van der Waals surface area contributed by atoms with Gasteiger partial charge in [0.25, 0.3) is 5.91 Å². The summed E-state index contributed by atoms with van der Waals surface area (Å²) >= 11 is 9.38. The molecule has 1 N–H and O–H groups in total. The van der Waals surface area contributed by atoms with Crippen molar-refractivity contribution in [2.75, 3.05) is 27.4 Å². The molecule has 4 rings (SSSR count). The summed E-state index contributed by atoms with van der Waals surface area (Å²) in [5.41, 5.74) is 0.738. The van der Waals surface area contributed by atoms with Gasteiger partial charge in [0.15, 0.2) is 16.9 Å². The quantitative estimate of drug-likeness (QED) is 0.574. The normalized spacial score (nSPS) is 15.7. The summed E-state index contributed by atoms with van der Waals surface area (Å²) in [6.45, 7) is 0.508. The average molecular weight is 495 g/mol. The maximum atomic E-state index is 13.4. The first-order chi connectivity index (χ1) is 14.4. The van der Waals surface area contributed by atoms with Gasteiger partial charge in [0, 0.05) is 18.7 Å². The highest BCUT2D eigenvalue weighted by molar-refractivity contribution is 9.10. The number of hydrogen-bond donors (Lipinski definition) is 1. The molecule has 1 aromatic heterocycles. The van der Waals surface area contributed by atoms with E-state index in [2.05, 4.69) is 15.9 Å². The molecule has 0 bridgehead atoms. The first kappa shape index (κ1) is 20.7. The minimum absolute atomic E-state index is 0.0147. The van der Waals surface area contributed by atoms with Crippen molar-refractivity contribution < 1.29 is 23.8 Å². The van der Waals surface area contributed by atoms with Crippen LogP contribution in [0, 0.1) is 0 Å². The summed E-state index contributed by atoms with van der Waals surface area (Å²) in [6, 6.07) is 7.18. The monoisotopic (exact) mass is 493 g/mol. The second-order valence-corrected chi connectivity index (χ2v) is 8.05. The molecule has 30 heavy (non-hydrogen) atoms. The van der Waals surface area contributed by atoms with E-state index in [1.54, 1.807) is 24.3 Å². The van der Waals surface area contributed by atoms with Crippen LogP contribution in [0.5, 0.6) is 11.5 Å². The smallest absolute Gasteiger partial charge is 0.290 e. The van der Waals surface area contributed by atoms with Gasteiger partial charge < -0.3 is 23.9 Å². The number of aromatic hydroxyl groups is 1. The molecule has 0 aliphatic carbocycles. The van der Waals surface area contributed by atoms with Gasteiger partial charge in [-0.25, -0.2) is 0 Å². The van der Waals surface area contributed by atoms with Crippen molar-refractivity contribution in [2.45, 2.75) is 6.04 Å². The zero-order valence-corrected chi connectivity index (χ0v) is 18.4. The molecule has 156 valence electrons. The molecule has 2 aromatic carbocycles. The number of halogens is 2. The van der Waals surface area contributed by atoms with Crippen LogP contribution in [0.1, 0.15) is 27.7 Å². The summed E-state index contributed by atoms with van der Waals surface area (Å²) in [5.74, 6) is -0.296. The third-order valence-electron chi connectivity index (χ3n) is 5.05. The van der Waals surface area contributed by atoms with E-state index in [4.69, 9.17) is 25.5 Å². The Morgan fingerprint density at radius 3 is 2.70 bits per heavy atom. The number of amides is 1. The lowest BCUT2D eigenvalue weighted by Gasteiger charge is -2.25. The molecule has 7 nitrogen and oxygen atoms in total. The van der Waals surface area contributed by atoms with Gasteiger partial charge in [-0.1, -0.05) is 11.6 Å². The second kappa shape index (κ2) is 7.94. The first-order valence-corrected chi connectivity index (χ1v) is 10.2. The fourth-order valence-electron chi connectivity index (χ4n) is 3.67. The third kappa shape index (κ3) is 3.25. The van der Waals surface area contributed by atoms with Crippen LogP contribution in [-0.2, 0) is 4.74 Å². The predicted octanol–water partition coefficient (Wildman–Crippen LogP) is 4.11. The number of rotatable bonds is 5. The molecule has 0 radical (unpaired) electrons. The van der Waals surface area contributed by atoms with Crippen molar-refractivity contribution in [3.05, 3.63) is 66.9 Å². The number of benzene rings is 2. The summed E-state index contributed by atoms with van der Waals surface area (Å²) in [7, 11) is 2.95. The Labute approximate surface area is 184 Å². The van der Waals surface area contributed by atoms with Gasteiger partial charge in [-0.15, -0.1) is 0 Å². The Morgan fingerprint density at radius 1 is 1.23 bits per heavy atom. The zero-order valence-electron chi connectivity index (χ0n) is 16.1. The molecular weight excluding hydrogens is 478 g/mol. The molecule has 3 aromatic rings. The van der Waals surface area contributed by atoms with Gasteiger partial charge >= 0.3 is 0 Å². The number of methoxy groups -OCH3 is 2. The van der Waals surface area contributed by atoms with Crippen molar-refractivity contribution in [1.29, 1.82) is 0 Å². The van der Waals surface area contributed by atoms with Crippen LogP contribution in [0.3, 0.4) is 0 Å². The van der Waals surface area contributed by atoms with Crippen LogP contribution < -0.4 is 10.2 Å². The molecular formula is C21H17BrClNO6. The number of phenolic OH excluding ortho intramolecular Hbond substituents is 1. The molecule has 1 aliphatic heterocycles. The van der Waals surface area contributed by atoms with Crippen molar-refractivity contribution in [3.63, 3.8) is 0 Å². The topological polar surface area (TPSA) is 89.2 Å². The Hall–Kier alpha value is -2.55. The molecule has 9 heteroatoms. The van der Waals surface area contributed by atoms with E-state index in [1.165, 1.54) is 25.2 Å². The average Bonchev–Trinajstić information content (AvgIpc) is 3.01. The lowest BCUT2D eigenvalue weighted by Crippen LogP contribution is -2.32. The first-order valence-electron chi connectivity index (χ1n) is 9.00. The Bertz CT molecular complexity index is 1220. The summed E-state index contributed by atoms with van der Waals surface area (Å²) < 4.78 is 16.6. The van der Waals surface area contributed by atoms with E-state index in [0.717, 1.165) is 0 Å². The Kier molecular flexibility index (Phi) is 5.48. The van der Waals surface area contributed by atoms with Gasteiger partial charge in [0.2, 0.25) is 5.76 Å². The van der Waals surface area contributed by atoms with E-state index >= 15 is 0 Å². The largest absolute Gasteiger partial charge is 0.503 e. The van der Waals surface area contributed by atoms with Crippen LogP contribution >= 0.6 is 27.5 Å². The van der Waals surface area contributed by atoms with Crippen molar-refractivity contribution in [3.8, 4) is 11.5 Å². The minimum atomic E-state index is -0.743. The molecule has 1 atom stereocenters. The Balaban J connectivity index is 2.00. The fourth-order valence-corrected chi connectivity index (χ4v) is 4.30. The van der Waals surface area contributed by atoms with Gasteiger partial charge in [-0.05, 0) is 51.8 Å². The number of fused-ring (bicyclic) bond motifs is 2. The summed E-state index contributed by atoms with van der Waals surface area (Å²) in [6.07, 6.45) is 0.